The van der Waals surface area contributed by atoms with Gasteiger partial charge < -0.3 is 19.7 Å². The van der Waals surface area contributed by atoms with E-state index in [1.165, 1.54) is 11.3 Å². The van der Waals surface area contributed by atoms with E-state index in [-0.39, 0.29) is 0 Å². The van der Waals surface area contributed by atoms with Gasteiger partial charge in [0.25, 0.3) is 0 Å². The smallest absolute Gasteiger partial charge is 0.125 e. The van der Waals surface area contributed by atoms with Crippen molar-refractivity contribution in [2.45, 2.75) is 6.54 Å². The first-order chi connectivity index (χ1) is 10.4. The van der Waals surface area contributed by atoms with Gasteiger partial charge in [0.05, 0.1) is 20.3 Å². The molecule has 2 fully saturated rings. The third-order valence-electron chi connectivity index (χ3n) is 4.25. The molecule has 2 aliphatic rings. The number of hydrogen-bond donors (Lipinski definition) is 1. The van der Waals surface area contributed by atoms with Crippen LogP contribution in [-0.4, -0.2) is 64.5 Å². The Bertz CT molecular complexity index is 455. The summed E-state index contributed by atoms with van der Waals surface area (Å²) in [5.41, 5.74) is 2.51. The zero-order valence-corrected chi connectivity index (χ0v) is 12.8. The molecule has 0 aromatic heterocycles. The molecule has 116 valence electrons. The summed E-state index contributed by atoms with van der Waals surface area (Å²) in [6.07, 6.45) is 0. The largest absolute Gasteiger partial charge is 0.496 e. The van der Waals surface area contributed by atoms with Gasteiger partial charge in [0.15, 0.2) is 0 Å². The van der Waals surface area contributed by atoms with E-state index in [0.717, 1.165) is 64.8 Å². The van der Waals surface area contributed by atoms with Gasteiger partial charge in [-0.1, -0.05) is 6.07 Å². The summed E-state index contributed by atoms with van der Waals surface area (Å²) in [7, 11) is 1.76. The highest BCUT2D eigenvalue weighted by molar-refractivity contribution is 5.54. The van der Waals surface area contributed by atoms with Gasteiger partial charge in [0, 0.05) is 63.1 Å². The molecule has 1 aromatic carbocycles. The second-order valence-electron chi connectivity index (χ2n) is 5.62. The molecule has 0 amide bonds. The first kappa shape index (κ1) is 14.6. The standard InChI is InChI=1S/C16H25N3O2/c1-20-16-12-15(19-8-10-21-11-9-19)3-2-14(16)13-18-6-4-17-5-7-18/h2-3,12,17H,4-11,13H2,1H3. The van der Waals surface area contributed by atoms with E-state index in [4.69, 9.17) is 9.47 Å². The van der Waals surface area contributed by atoms with Crippen molar-refractivity contribution in [3.05, 3.63) is 23.8 Å². The van der Waals surface area contributed by atoms with Crippen LogP contribution in [0.25, 0.3) is 0 Å². The number of rotatable bonds is 4. The molecule has 0 saturated carbocycles. The Morgan fingerprint density at radius 1 is 1.14 bits per heavy atom. The first-order valence-electron chi connectivity index (χ1n) is 7.79. The third-order valence-corrected chi connectivity index (χ3v) is 4.25. The number of methoxy groups -OCH3 is 1. The topological polar surface area (TPSA) is 37.0 Å². The minimum Gasteiger partial charge on any atom is -0.496 e. The molecular weight excluding hydrogens is 266 g/mol. The third kappa shape index (κ3) is 3.67. The maximum Gasteiger partial charge on any atom is 0.125 e. The summed E-state index contributed by atoms with van der Waals surface area (Å²) < 4.78 is 11.0. The molecule has 2 saturated heterocycles. The van der Waals surface area contributed by atoms with Gasteiger partial charge >= 0.3 is 0 Å². The first-order valence-corrected chi connectivity index (χ1v) is 7.79. The van der Waals surface area contributed by atoms with Gasteiger partial charge in [-0.3, -0.25) is 4.90 Å². The number of benzene rings is 1. The fraction of sp³-hybridized carbons (Fsp3) is 0.625. The highest BCUT2D eigenvalue weighted by atomic mass is 16.5. The van der Waals surface area contributed by atoms with Crippen molar-refractivity contribution in [3.8, 4) is 5.75 Å². The Morgan fingerprint density at radius 2 is 1.90 bits per heavy atom. The Labute approximate surface area is 126 Å². The zero-order valence-electron chi connectivity index (χ0n) is 12.8. The monoisotopic (exact) mass is 291 g/mol. The minimum atomic E-state index is 0.810. The van der Waals surface area contributed by atoms with Crippen molar-refractivity contribution in [2.75, 3.05) is 64.5 Å². The minimum absolute atomic E-state index is 0.810. The van der Waals surface area contributed by atoms with Crippen molar-refractivity contribution < 1.29 is 9.47 Å². The lowest BCUT2D eigenvalue weighted by Gasteiger charge is -2.30. The van der Waals surface area contributed by atoms with Crippen LogP contribution >= 0.6 is 0 Å². The van der Waals surface area contributed by atoms with E-state index < -0.39 is 0 Å². The summed E-state index contributed by atoms with van der Waals surface area (Å²) in [6.45, 7) is 8.87. The molecule has 5 heteroatoms. The Morgan fingerprint density at radius 3 is 2.62 bits per heavy atom. The molecule has 1 aromatic rings. The highest BCUT2D eigenvalue weighted by Gasteiger charge is 2.16. The number of nitrogens with zero attached hydrogens (tertiary/aromatic N) is 2. The number of morpholine rings is 1. The number of nitrogens with one attached hydrogen (secondary N) is 1. The molecule has 2 heterocycles. The lowest BCUT2D eigenvalue weighted by Crippen LogP contribution is -2.42. The van der Waals surface area contributed by atoms with Crippen molar-refractivity contribution in [2.24, 2.45) is 0 Å². The predicted octanol–water partition coefficient (Wildman–Crippen LogP) is 0.937. The predicted molar refractivity (Wildman–Crippen MR) is 84.2 cm³/mol. The number of piperazine rings is 1. The van der Waals surface area contributed by atoms with Crippen LogP contribution in [0.15, 0.2) is 18.2 Å². The molecule has 0 aliphatic carbocycles. The van der Waals surface area contributed by atoms with Crippen LogP contribution in [0, 0.1) is 0 Å². The van der Waals surface area contributed by atoms with E-state index in [1.807, 2.05) is 0 Å². The Balaban J connectivity index is 1.71. The van der Waals surface area contributed by atoms with E-state index in [1.54, 1.807) is 7.11 Å². The van der Waals surface area contributed by atoms with Gasteiger partial charge in [-0.15, -0.1) is 0 Å². The second-order valence-corrected chi connectivity index (χ2v) is 5.62. The lowest BCUT2D eigenvalue weighted by atomic mass is 10.1. The van der Waals surface area contributed by atoms with Gasteiger partial charge in [0.1, 0.15) is 5.75 Å². The summed E-state index contributed by atoms with van der Waals surface area (Å²) in [5.74, 6) is 0.998. The maximum atomic E-state index is 5.62. The number of anilines is 1. The van der Waals surface area contributed by atoms with E-state index >= 15 is 0 Å². The molecule has 5 nitrogen and oxygen atoms in total. The summed E-state index contributed by atoms with van der Waals surface area (Å²) in [4.78, 5) is 4.84. The van der Waals surface area contributed by atoms with Crippen LogP contribution in [0.1, 0.15) is 5.56 Å². The summed E-state index contributed by atoms with van der Waals surface area (Å²) in [6, 6.07) is 6.60. The van der Waals surface area contributed by atoms with Crippen LogP contribution in [0.3, 0.4) is 0 Å². The molecule has 1 N–H and O–H groups in total. The van der Waals surface area contributed by atoms with Crippen molar-refractivity contribution in [1.29, 1.82) is 0 Å². The molecule has 0 radical (unpaired) electrons. The van der Waals surface area contributed by atoms with Crippen LogP contribution < -0.4 is 15.0 Å². The van der Waals surface area contributed by atoms with Crippen molar-refractivity contribution in [1.82, 2.24) is 10.2 Å². The fourth-order valence-corrected chi connectivity index (χ4v) is 2.99. The summed E-state index contributed by atoms with van der Waals surface area (Å²) in [5, 5.41) is 3.39. The average molecular weight is 291 g/mol. The normalized spacial score (nSPS) is 20.5. The fourth-order valence-electron chi connectivity index (χ4n) is 2.99. The quantitative estimate of drug-likeness (QED) is 0.893. The van der Waals surface area contributed by atoms with Gasteiger partial charge in [0.2, 0.25) is 0 Å². The SMILES string of the molecule is COc1cc(N2CCOCC2)ccc1CN1CCNCC1. The molecule has 0 spiro atoms. The van der Waals surface area contributed by atoms with Gasteiger partial charge in [-0.2, -0.15) is 0 Å². The van der Waals surface area contributed by atoms with E-state index in [2.05, 4.69) is 33.3 Å². The zero-order chi connectivity index (χ0) is 14.5. The lowest BCUT2D eigenvalue weighted by molar-refractivity contribution is 0.122. The molecule has 0 bridgehead atoms. The number of hydrogen-bond acceptors (Lipinski definition) is 5. The summed E-state index contributed by atoms with van der Waals surface area (Å²) >= 11 is 0. The molecule has 2 aliphatic heterocycles. The van der Waals surface area contributed by atoms with Crippen LogP contribution in [0.2, 0.25) is 0 Å². The molecule has 21 heavy (non-hydrogen) atoms. The molecule has 3 rings (SSSR count). The molecule has 0 unspecified atom stereocenters. The van der Waals surface area contributed by atoms with Crippen LogP contribution in [-0.2, 0) is 11.3 Å². The maximum absolute atomic E-state index is 5.62. The molecular formula is C16H25N3O2. The van der Waals surface area contributed by atoms with Gasteiger partial charge in [-0.05, 0) is 6.07 Å². The number of ether oxygens (including phenoxy) is 2. The molecule has 0 atom stereocenters. The van der Waals surface area contributed by atoms with E-state index in [9.17, 15) is 0 Å². The average Bonchev–Trinajstić information content (AvgIpc) is 2.57. The van der Waals surface area contributed by atoms with Crippen molar-refractivity contribution in [3.63, 3.8) is 0 Å². The van der Waals surface area contributed by atoms with Gasteiger partial charge in [-0.25, -0.2) is 0 Å². The van der Waals surface area contributed by atoms with Crippen LogP contribution in [0.5, 0.6) is 5.75 Å². The Kier molecular flexibility index (Phi) is 4.95. The Hall–Kier alpha value is -1.30. The van der Waals surface area contributed by atoms with Crippen molar-refractivity contribution >= 4 is 5.69 Å². The highest BCUT2D eigenvalue weighted by Crippen LogP contribution is 2.27. The van der Waals surface area contributed by atoms with Crippen LogP contribution in [0.4, 0.5) is 5.69 Å². The second kappa shape index (κ2) is 7.11. The van der Waals surface area contributed by atoms with E-state index in [0.29, 0.717) is 0 Å².